The number of hydrogen-bond acceptors (Lipinski definition) is 12. The van der Waals surface area contributed by atoms with Gasteiger partial charge in [-0.15, -0.1) is 0 Å². The molecule has 0 saturated heterocycles. The Bertz CT molecular complexity index is 1810. The van der Waals surface area contributed by atoms with Crippen molar-refractivity contribution in [2.75, 3.05) is 0 Å². The summed E-state index contributed by atoms with van der Waals surface area (Å²) in [7, 11) is 0. The van der Waals surface area contributed by atoms with Gasteiger partial charge >= 0.3 is 0 Å². The van der Waals surface area contributed by atoms with Crippen LogP contribution in [0.4, 0.5) is 0 Å². The first-order chi connectivity index (χ1) is 20.4. The van der Waals surface area contributed by atoms with Crippen molar-refractivity contribution in [2.24, 2.45) is 0 Å². The highest BCUT2D eigenvalue weighted by Gasteiger charge is 2.36. The van der Waals surface area contributed by atoms with Gasteiger partial charge in [0.15, 0.2) is 34.5 Å². The Labute approximate surface area is 243 Å². The van der Waals surface area contributed by atoms with Gasteiger partial charge in [-0.05, 0) is 42.8 Å². The average Bonchev–Trinajstić information content (AvgIpc) is 3.12. The zero-order valence-corrected chi connectivity index (χ0v) is 22.1. The van der Waals surface area contributed by atoms with Crippen molar-refractivity contribution in [3.05, 3.63) is 117 Å². The minimum Gasteiger partial charge on any atom is -0.508 e. The maximum atomic E-state index is 11.5. The van der Waals surface area contributed by atoms with Crippen LogP contribution in [0.25, 0.3) is 5.76 Å². The standard InChI is InChI=1S/C31H26O12/c32-15-4-5-16(21(36)10-15)26(29(42)28(41)13-1-6-18(33)19(34)7-2-13)27-24(39)12-22(37)17-11-25(40)30(43-31(17)27)14-3-8-20(35)23(38)9-14/h1,3-10,12,26,32-42H,2,11H2/b29-28+. The van der Waals surface area contributed by atoms with Gasteiger partial charge in [0.25, 0.3) is 0 Å². The predicted octanol–water partition coefficient (Wildman–Crippen LogP) is 5.46. The number of aliphatic hydroxyl groups excluding tert-OH is 5. The van der Waals surface area contributed by atoms with E-state index in [4.69, 9.17) is 4.74 Å². The molecule has 0 aromatic heterocycles. The number of aliphatic hydroxyl groups is 5. The van der Waals surface area contributed by atoms with Crippen LogP contribution in [0.3, 0.4) is 0 Å². The highest BCUT2D eigenvalue weighted by Crippen LogP contribution is 2.52. The molecule has 12 nitrogen and oxygen atoms in total. The lowest BCUT2D eigenvalue weighted by Crippen LogP contribution is -2.16. The quantitative estimate of drug-likeness (QED) is 0.131. The molecule has 1 aliphatic carbocycles. The van der Waals surface area contributed by atoms with E-state index < -0.39 is 63.5 Å². The Morgan fingerprint density at radius 1 is 0.698 bits per heavy atom. The van der Waals surface area contributed by atoms with Gasteiger partial charge in [0.05, 0.1) is 11.5 Å². The van der Waals surface area contributed by atoms with Crippen LogP contribution in [0.5, 0.6) is 40.2 Å². The molecule has 5 rings (SSSR count). The van der Waals surface area contributed by atoms with Gasteiger partial charge in [-0.1, -0.05) is 12.1 Å². The SMILES string of the molecule is OC1=CC=C(/C(O)=C(\O)C(c2ccc(O)cc2O)c2c(O)cc(O)c3c2OC(c2ccc(O)c(O)c2)=C(O)C3)CC=C1O. The van der Waals surface area contributed by atoms with Crippen molar-refractivity contribution in [1.29, 1.82) is 0 Å². The summed E-state index contributed by atoms with van der Waals surface area (Å²) in [5.74, 6) is -8.12. The lowest BCUT2D eigenvalue weighted by atomic mass is 9.83. The number of benzene rings is 3. The second-order valence-electron chi connectivity index (χ2n) is 9.84. The van der Waals surface area contributed by atoms with Crippen LogP contribution in [0.1, 0.15) is 34.6 Å². The van der Waals surface area contributed by atoms with Gasteiger partial charge in [-0.25, -0.2) is 0 Å². The number of allylic oxidation sites excluding steroid dienone is 6. The number of hydrogen-bond donors (Lipinski definition) is 11. The molecule has 12 heteroatoms. The molecule has 0 fully saturated rings. The molecule has 1 aliphatic heterocycles. The van der Waals surface area contributed by atoms with Crippen molar-refractivity contribution in [3.63, 3.8) is 0 Å². The Kier molecular flexibility index (Phi) is 7.12. The summed E-state index contributed by atoms with van der Waals surface area (Å²) >= 11 is 0. The Morgan fingerprint density at radius 3 is 2.14 bits per heavy atom. The van der Waals surface area contributed by atoms with Gasteiger partial charge in [-0.3, -0.25) is 0 Å². The lowest BCUT2D eigenvalue weighted by molar-refractivity contribution is 0.304. The minimum absolute atomic E-state index is 0.0159. The van der Waals surface area contributed by atoms with Crippen molar-refractivity contribution < 1.29 is 60.9 Å². The van der Waals surface area contributed by atoms with E-state index in [9.17, 15) is 56.2 Å². The average molecular weight is 591 g/mol. The molecule has 3 aromatic carbocycles. The third kappa shape index (κ3) is 5.12. The van der Waals surface area contributed by atoms with Crippen LogP contribution in [0.15, 0.2) is 95.1 Å². The molecule has 222 valence electrons. The summed E-state index contributed by atoms with van der Waals surface area (Å²) < 4.78 is 5.98. The third-order valence-electron chi connectivity index (χ3n) is 7.08. The van der Waals surface area contributed by atoms with Crippen molar-refractivity contribution in [1.82, 2.24) is 0 Å². The molecule has 0 spiro atoms. The smallest absolute Gasteiger partial charge is 0.172 e. The zero-order valence-electron chi connectivity index (χ0n) is 22.1. The van der Waals surface area contributed by atoms with Crippen LogP contribution in [0, 0.1) is 0 Å². The van der Waals surface area contributed by atoms with Gasteiger partial charge in [0.2, 0.25) is 0 Å². The molecule has 1 atom stereocenters. The molecular formula is C31H26O12. The van der Waals surface area contributed by atoms with Crippen LogP contribution >= 0.6 is 0 Å². The Hall–Kier alpha value is -6.04. The van der Waals surface area contributed by atoms with Crippen LogP contribution in [-0.4, -0.2) is 56.2 Å². The molecule has 11 N–H and O–H groups in total. The molecule has 2 aliphatic rings. The molecule has 1 unspecified atom stereocenters. The molecule has 0 bridgehead atoms. The normalized spacial score (nSPS) is 16.1. The molecule has 0 radical (unpaired) electrons. The molecule has 0 saturated carbocycles. The highest BCUT2D eigenvalue weighted by molar-refractivity contribution is 5.74. The van der Waals surface area contributed by atoms with E-state index >= 15 is 0 Å². The fourth-order valence-electron chi connectivity index (χ4n) is 4.89. The van der Waals surface area contributed by atoms with Gasteiger partial charge in [0.1, 0.15) is 40.3 Å². The summed E-state index contributed by atoms with van der Waals surface area (Å²) in [6.07, 6.45) is 2.98. The van der Waals surface area contributed by atoms with Crippen molar-refractivity contribution in [3.8, 4) is 40.2 Å². The van der Waals surface area contributed by atoms with E-state index in [1.54, 1.807) is 0 Å². The zero-order chi connectivity index (χ0) is 31.2. The fraction of sp³-hybridized carbons (Fsp3) is 0.0968. The first-order valence-corrected chi connectivity index (χ1v) is 12.7. The maximum absolute atomic E-state index is 11.5. The molecule has 0 amide bonds. The second-order valence-corrected chi connectivity index (χ2v) is 9.84. The number of phenols is 6. The number of phenolic OH excluding ortho intramolecular Hbond substituents is 6. The van der Waals surface area contributed by atoms with Gasteiger partial charge in [-0.2, -0.15) is 0 Å². The van der Waals surface area contributed by atoms with E-state index in [1.165, 1.54) is 30.4 Å². The first-order valence-electron chi connectivity index (χ1n) is 12.7. The van der Waals surface area contributed by atoms with E-state index in [0.717, 1.165) is 30.3 Å². The van der Waals surface area contributed by atoms with Crippen molar-refractivity contribution in [2.45, 2.75) is 18.8 Å². The number of aromatic hydroxyl groups is 6. The van der Waals surface area contributed by atoms with E-state index in [2.05, 4.69) is 0 Å². The summed E-state index contributed by atoms with van der Waals surface area (Å²) in [4.78, 5) is 0. The second kappa shape index (κ2) is 10.7. The van der Waals surface area contributed by atoms with E-state index in [1.807, 2.05) is 0 Å². The van der Waals surface area contributed by atoms with Crippen LogP contribution < -0.4 is 4.74 Å². The fourth-order valence-corrected chi connectivity index (χ4v) is 4.89. The first kappa shape index (κ1) is 28.5. The van der Waals surface area contributed by atoms with Gasteiger partial charge < -0.3 is 60.9 Å². The maximum Gasteiger partial charge on any atom is 0.172 e. The van der Waals surface area contributed by atoms with Gasteiger partial charge in [0, 0.05) is 40.8 Å². The highest BCUT2D eigenvalue weighted by atomic mass is 16.5. The summed E-state index contributed by atoms with van der Waals surface area (Å²) in [6, 6.07) is 7.85. The number of ether oxygens (including phenoxy) is 1. The third-order valence-corrected chi connectivity index (χ3v) is 7.08. The molecule has 3 aromatic rings. The Balaban J connectivity index is 1.75. The van der Waals surface area contributed by atoms with E-state index in [-0.39, 0.29) is 57.9 Å². The van der Waals surface area contributed by atoms with Crippen LogP contribution in [0.2, 0.25) is 0 Å². The summed E-state index contributed by atoms with van der Waals surface area (Å²) in [6.45, 7) is 0. The van der Waals surface area contributed by atoms with E-state index in [0.29, 0.717) is 0 Å². The summed E-state index contributed by atoms with van der Waals surface area (Å²) in [5.41, 5.74) is -0.344. The molecular weight excluding hydrogens is 564 g/mol. The predicted molar refractivity (Wildman–Crippen MR) is 151 cm³/mol. The topological polar surface area (TPSA) is 232 Å². The number of rotatable bonds is 5. The Morgan fingerprint density at radius 2 is 1.44 bits per heavy atom. The van der Waals surface area contributed by atoms with Crippen molar-refractivity contribution >= 4 is 5.76 Å². The summed E-state index contributed by atoms with van der Waals surface area (Å²) in [5, 5.41) is 115. The minimum atomic E-state index is -1.64. The van der Waals surface area contributed by atoms with Crippen LogP contribution in [-0.2, 0) is 6.42 Å². The molecule has 1 heterocycles. The number of fused-ring (bicyclic) bond motifs is 1. The largest absolute Gasteiger partial charge is 0.508 e. The monoisotopic (exact) mass is 590 g/mol. The lowest BCUT2D eigenvalue weighted by Gasteiger charge is -2.28. The molecule has 43 heavy (non-hydrogen) atoms.